The Labute approximate surface area is 90.4 Å². The van der Waals surface area contributed by atoms with Crippen molar-refractivity contribution >= 4 is 0 Å². The van der Waals surface area contributed by atoms with Gasteiger partial charge in [-0.3, -0.25) is 0 Å². The summed E-state index contributed by atoms with van der Waals surface area (Å²) in [6, 6.07) is 0. The van der Waals surface area contributed by atoms with Crippen LogP contribution < -0.4 is 5.32 Å². The van der Waals surface area contributed by atoms with Crippen LogP contribution in [0, 0.1) is 5.41 Å². The van der Waals surface area contributed by atoms with Crippen LogP contribution in [0.3, 0.4) is 0 Å². The second-order valence-corrected chi connectivity index (χ2v) is 5.00. The maximum Gasteiger partial charge on any atom is 0.226 e. The molecule has 1 aliphatic carbocycles. The maximum absolute atomic E-state index is 5.22. The zero-order valence-electron chi connectivity index (χ0n) is 9.71. The Balaban J connectivity index is 1.88. The molecule has 1 aliphatic rings. The van der Waals surface area contributed by atoms with Gasteiger partial charge in [-0.05, 0) is 31.8 Å². The fourth-order valence-corrected chi connectivity index (χ4v) is 1.84. The second kappa shape index (κ2) is 3.93. The van der Waals surface area contributed by atoms with Crippen molar-refractivity contribution in [3.05, 3.63) is 11.7 Å². The highest BCUT2D eigenvalue weighted by Crippen LogP contribution is 2.57. The van der Waals surface area contributed by atoms with Crippen LogP contribution in [0.2, 0.25) is 0 Å². The van der Waals surface area contributed by atoms with Gasteiger partial charge in [0.25, 0.3) is 0 Å². The van der Waals surface area contributed by atoms with Crippen molar-refractivity contribution in [3.63, 3.8) is 0 Å². The lowest BCUT2D eigenvalue weighted by atomic mass is 10.1. The summed E-state index contributed by atoms with van der Waals surface area (Å²) < 4.78 is 5.22. The maximum atomic E-state index is 5.22. The highest BCUT2D eigenvalue weighted by Gasteiger charge is 2.49. The number of hydrogen-bond acceptors (Lipinski definition) is 4. The monoisotopic (exact) mass is 209 g/mol. The van der Waals surface area contributed by atoms with Gasteiger partial charge in [-0.2, -0.15) is 4.98 Å². The van der Waals surface area contributed by atoms with E-state index in [1.54, 1.807) is 0 Å². The van der Waals surface area contributed by atoms with E-state index in [0.29, 0.717) is 11.3 Å². The van der Waals surface area contributed by atoms with Crippen molar-refractivity contribution in [2.24, 2.45) is 5.41 Å². The molecule has 1 fully saturated rings. The molecule has 1 unspecified atom stereocenters. The Bertz CT molecular complexity index is 332. The fourth-order valence-electron chi connectivity index (χ4n) is 1.84. The molecule has 0 aliphatic heterocycles. The SMILES string of the molecule is CNCCCc1nc(C2CC2(C)C)no1. The van der Waals surface area contributed by atoms with E-state index in [-0.39, 0.29) is 0 Å². The summed E-state index contributed by atoms with van der Waals surface area (Å²) in [5, 5.41) is 7.15. The summed E-state index contributed by atoms with van der Waals surface area (Å²) in [5.74, 6) is 2.20. The predicted molar refractivity (Wildman–Crippen MR) is 57.7 cm³/mol. The average Bonchev–Trinajstić information content (AvgIpc) is 2.64. The van der Waals surface area contributed by atoms with E-state index in [1.807, 2.05) is 7.05 Å². The van der Waals surface area contributed by atoms with Gasteiger partial charge in [0.2, 0.25) is 5.89 Å². The van der Waals surface area contributed by atoms with Crippen molar-refractivity contribution in [3.8, 4) is 0 Å². The van der Waals surface area contributed by atoms with Crippen molar-refractivity contribution in [2.75, 3.05) is 13.6 Å². The fraction of sp³-hybridized carbons (Fsp3) is 0.818. The molecule has 4 nitrogen and oxygen atoms in total. The molecule has 0 aromatic carbocycles. The first kappa shape index (κ1) is 10.6. The third-order valence-corrected chi connectivity index (χ3v) is 3.13. The molecule has 1 aromatic heterocycles. The van der Waals surface area contributed by atoms with Crippen LogP contribution in [-0.4, -0.2) is 23.7 Å². The highest BCUT2D eigenvalue weighted by atomic mass is 16.5. The second-order valence-electron chi connectivity index (χ2n) is 5.00. The third-order valence-electron chi connectivity index (χ3n) is 3.13. The van der Waals surface area contributed by atoms with Gasteiger partial charge in [0.05, 0.1) is 0 Å². The largest absolute Gasteiger partial charge is 0.339 e. The standard InChI is InChI=1S/C11H19N3O/c1-11(2)7-8(11)10-13-9(15-14-10)5-4-6-12-3/h8,12H,4-7H2,1-3H3. The molecule has 1 saturated carbocycles. The molecule has 0 radical (unpaired) electrons. The zero-order chi connectivity index (χ0) is 10.9. The van der Waals surface area contributed by atoms with Crippen molar-refractivity contribution in [2.45, 2.75) is 39.0 Å². The van der Waals surface area contributed by atoms with Gasteiger partial charge in [0.15, 0.2) is 5.82 Å². The minimum Gasteiger partial charge on any atom is -0.339 e. The summed E-state index contributed by atoms with van der Waals surface area (Å²) in [5.41, 5.74) is 0.381. The van der Waals surface area contributed by atoms with Gasteiger partial charge in [0, 0.05) is 12.3 Å². The molecule has 84 valence electrons. The third kappa shape index (κ3) is 2.37. The van der Waals surface area contributed by atoms with Crippen LogP contribution in [0.1, 0.15) is 44.3 Å². The molecular formula is C11H19N3O. The molecule has 0 amide bonds. The molecule has 4 heteroatoms. The average molecular weight is 209 g/mol. The van der Waals surface area contributed by atoms with Gasteiger partial charge in [0.1, 0.15) is 0 Å². The molecule has 15 heavy (non-hydrogen) atoms. The zero-order valence-corrected chi connectivity index (χ0v) is 9.71. The van der Waals surface area contributed by atoms with Crippen LogP contribution >= 0.6 is 0 Å². The number of nitrogens with one attached hydrogen (secondary N) is 1. The number of aryl methyl sites for hydroxylation is 1. The quantitative estimate of drug-likeness (QED) is 0.750. The van der Waals surface area contributed by atoms with E-state index in [2.05, 4.69) is 29.3 Å². The lowest BCUT2D eigenvalue weighted by molar-refractivity contribution is 0.368. The topological polar surface area (TPSA) is 51.0 Å². The molecule has 1 heterocycles. The van der Waals surface area contributed by atoms with Gasteiger partial charge < -0.3 is 9.84 Å². The molecular weight excluding hydrogens is 190 g/mol. The van der Waals surface area contributed by atoms with Crippen molar-refractivity contribution < 1.29 is 4.52 Å². The Morgan fingerprint density at radius 1 is 1.53 bits per heavy atom. The number of rotatable bonds is 5. The molecule has 1 N–H and O–H groups in total. The first-order valence-corrected chi connectivity index (χ1v) is 5.60. The van der Waals surface area contributed by atoms with Crippen LogP contribution in [0.4, 0.5) is 0 Å². The van der Waals surface area contributed by atoms with Crippen molar-refractivity contribution in [1.29, 1.82) is 0 Å². The Morgan fingerprint density at radius 3 is 2.87 bits per heavy atom. The molecule has 1 aromatic rings. The lowest BCUT2D eigenvalue weighted by Crippen LogP contribution is -2.08. The van der Waals surface area contributed by atoms with Gasteiger partial charge in [-0.1, -0.05) is 19.0 Å². The molecule has 1 atom stereocenters. The molecule has 0 saturated heterocycles. The number of nitrogens with zero attached hydrogens (tertiary/aromatic N) is 2. The number of aromatic nitrogens is 2. The van der Waals surface area contributed by atoms with Crippen LogP contribution in [0.15, 0.2) is 4.52 Å². The Kier molecular flexibility index (Phi) is 2.78. The van der Waals surface area contributed by atoms with E-state index in [4.69, 9.17) is 4.52 Å². The Morgan fingerprint density at radius 2 is 2.27 bits per heavy atom. The lowest BCUT2D eigenvalue weighted by Gasteiger charge is -1.96. The molecule has 0 bridgehead atoms. The van der Waals surface area contributed by atoms with E-state index in [0.717, 1.165) is 31.1 Å². The van der Waals surface area contributed by atoms with Crippen LogP contribution in [-0.2, 0) is 6.42 Å². The first-order valence-electron chi connectivity index (χ1n) is 5.60. The van der Waals surface area contributed by atoms with E-state index < -0.39 is 0 Å². The van der Waals surface area contributed by atoms with Crippen LogP contribution in [0.25, 0.3) is 0 Å². The molecule has 2 rings (SSSR count). The summed E-state index contributed by atoms with van der Waals surface area (Å²) in [7, 11) is 1.95. The predicted octanol–water partition coefficient (Wildman–Crippen LogP) is 1.74. The summed E-state index contributed by atoms with van der Waals surface area (Å²) in [6.07, 6.45) is 3.11. The number of hydrogen-bond donors (Lipinski definition) is 1. The smallest absolute Gasteiger partial charge is 0.226 e. The summed E-state index contributed by atoms with van der Waals surface area (Å²) in [6.45, 7) is 5.48. The van der Waals surface area contributed by atoms with E-state index in [1.165, 1.54) is 6.42 Å². The van der Waals surface area contributed by atoms with Crippen LogP contribution in [0.5, 0.6) is 0 Å². The first-order chi connectivity index (χ1) is 7.13. The minimum atomic E-state index is 0.381. The van der Waals surface area contributed by atoms with Gasteiger partial charge >= 0.3 is 0 Å². The van der Waals surface area contributed by atoms with E-state index >= 15 is 0 Å². The summed E-state index contributed by atoms with van der Waals surface area (Å²) >= 11 is 0. The summed E-state index contributed by atoms with van der Waals surface area (Å²) in [4.78, 5) is 4.43. The Hall–Kier alpha value is -0.900. The highest BCUT2D eigenvalue weighted by molar-refractivity contribution is 5.14. The minimum absolute atomic E-state index is 0.381. The van der Waals surface area contributed by atoms with E-state index in [9.17, 15) is 0 Å². The van der Waals surface area contributed by atoms with Crippen molar-refractivity contribution in [1.82, 2.24) is 15.5 Å². The van der Waals surface area contributed by atoms with Gasteiger partial charge in [-0.25, -0.2) is 0 Å². The van der Waals surface area contributed by atoms with Gasteiger partial charge in [-0.15, -0.1) is 0 Å². The normalized spacial score (nSPS) is 23.0. The molecule has 0 spiro atoms.